The van der Waals surface area contributed by atoms with Gasteiger partial charge < -0.3 is 30.1 Å². The first-order valence-electron chi connectivity index (χ1n) is 3.85. The molecule has 0 saturated heterocycles. The molecule has 0 rings (SSSR count). The molecule has 0 saturated carbocycles. The molecular weight excluding hydrogens is 214 g/mol. The van der Waals surface area contributed by atoms with E-state index in [1.807, 2.05) is 0 Å². The lowest BCUT2D eigenvalue weighted by atomic mass is 10.0. The van der Waals surface area contributed by atoms with E-state index in [-0.39, 0.29) is 6.29 Å². The number of hydrogen-bond donors (Lipinski definition) is 4. The van der Waals surface area contributed by atoms with Gasteiger partial charge in [-0.3, -0.25) is 0 Å². The maximum Gasteiger partial charge on any atom is 0.294 e. The molecule has 88 valence electrons. The molecule has 9 heteroatoms. The van der Waals surface area contributed by atoms with Crippen LogP contribution in [-0.4, -0.2) is 62.8 Å². The van der Waals surface area contributed by atoms with Crippen LogP contribution in [0.2, 0.25) is 0 Å². The van der Waals surface area contributed by atoms with E-state index < -0.39 is 36.1 Å². The Morgan fingerprint density at radius 1 is 1.27 bits per heavy atom. The van der Waals surface area contributed by atoms with Crippen molar-refractivity contribution in [1.82, 2.24) is 0 Å². The fourth-order valence-corrected chi connectivity index (χ4v) is 0.746. The first-order valence-corrected chi connectivity index (χ1v) is 3.85. The Bertz CT molecular complexity index is 221. The molecule has 0 fully saturated rings. The predicted octanol–water partition coefficient (Wildman–Crippen LogP) is -3.16. The average Bonchev–Trinajstić information content (AvgIpc) is 2.22. The zero-order valence-corrected chi connectivity index (χ0v) is 7.46. The van der Waals surface area contributed by atoms with E-state index >= 15 is 0 Å². The summed E-state index contributed by atoms with van der Waals surface area (Å²) in [6, 6.07) is 0. The zero-order valence-electron chi connectivity index (χ0n) is 7.46. The fraction of sp³-hybridized carbons (Fsp3) is 0.833. The summed E-state index contributed by atoms with van der Waals surface area (Å²) in [4.78, 5) is 23.4. The zero-order chi connectivity index (χ0) is 12.0. The third-order valence-corrected chi connectivity index (χ3v) is 1.58. The lowest BCUT2D eigenvalue weighted by Gasteiger charge is -2.23. The Balaban J connectivity index is 4.11. The van der Waals surface area contributed by atoms with E-state index in [2.05, 4.69) is 4.84 Å². The van der Waals surface area contributed by atoms with E-state index in [4.69, 9.17) is 20.4 Å². The fourth-order valence-electron chi connectivity index (χ4n) is 0.746. The molecule has 0 unspecified atom stereocenters. The number of aliphatic hydroxyl groups is 4. The van der Waals surface area contributed by atoms with Crippen LogP contribution in [0.5, 0.6) is 0 Å². The van der Waals surface area contributed by atoms with Gasteiger partial charge in [0, 0.05) is 0 Å². The van der Waals surface area contributed by atoms with E-state index in [0.717, 1.165) is 0 Å². The van der Waals surface area contributed by atoms with Gasteiger partial charge in [-0.25, -0.2) is 0 Å². The number of carbonyl (C=O) groups is 1. The maximum atomic E-state index is 10.00. The molecule has 4 N–H and O–H groups in total. The van der Waals surface area contributed by atoms with Crippen molar-refractivity contribution in [2.24, 2.45) is 0 Å². The van der Waals surface area contributed by atoms with Crippen LogP contribution in [-0.2, 0) is 9.63 Å². The van der Waals surface area contributed by atoms with Gasteiger partial charge in [-0.2, -0.15) is 0 Å². The Labute approximate surface area is 83.6 Å². The standard InChI is InChI=1S/C6H11NO8/c8-1-3(9)5(11)6(12)4(10)2-15-7(13)14/h1,3-6,9-12H,2H2/t3-,4+,5+,6+/m0/s1. The van der Waals surface area contributed by atoms with E-state index in [1.165, 1.54) is 0 Å². The van der Waals surface area contributed by atoms with Crippen molar-refractivity contribution in [2.45, 2.75) is 24.4 Å². The molecule has 0 radical (unpaired) electrons. The number of carbonyl (C=O) groups excluding carboxylic acids is 1. The highest BCUT2D eigenvalue weighted by Gasteiger charge is 2.30. The number of aliphatic hydroxyl groups excluding tert-OH is 4. The SMILES string of the molecule is O=C[C@H](O)[C@@H](O)[C@H](O)[C@H](O)CO[N+](=O)[O-]. The Hall–Kier alpha value is -1.29. The predicted molar refractivity (Wildman–Crippen MR) is 43.0 cm³/mol. The minimum Gasteiger partial charge on any atom is -0.388 e. The molecule has 0 amide bonds. The summed E-state index contributed by atoms with van der Waals surface area (Å²) in [5.41, 5.74) is 0. The molecule has 0 aliphatic carbocycles. The third kappa shape index (κ3) is 4.65. The highest BCUT2D eigenvalue weighted by molar-refractivity contribution is 5.56. The second kappa shape index (κ2) is 6.24. The minimum atomic E-state index is -1.94. The first kappa shape index (κ1) is 13.7. The van der Waals surface area contributed by atoms with Gasteiger partial charge in [-0.05, 0) is 0 Å². The molecule has 4 atom stereocenters. The van der Waals surface area contributed by atoms with Crippen molar-refractivity contribution >= 4 is 6.29 Å². The number of nitrogens with zero attached hydrogens (tertiary/aromatic N) is 1. The lowest BCUT2D eigenvalue weighted by Crippen LogP contribution is -2.46. The van der Waals surface area contributed by atoms with Gasteiger partial charge in [-0.15, -0.1) is 10.1 Å². The quantitative estimate of drug-likeness (QED) is 0.201. The smallest absolute Gasteiger partial charge is 0.294 e. The lowest BCUT2D eigenvalue weighted by molar-refractivity contribution is -0.759. The van der Waals surface area contributed by atoms with Crippen LogP contribution in [0.15, 0.2) is 0 Å². The van der Waals surface area contributed by atoms with Gasteiger partial charge in [0.15, 0.2) is 6.29 Å². The monoisotopic (exact) mass is 225 g/mol. The van der Waals surface area contributed by atoms with Crippen LogP contribution >= 0.6 is 0 Å². The summed E-state index contributed by atoms with van der Waals surface area (Å²) in [5, 5.41) is 44.4. The summed E-state index contributed by atoms with van der Waals surface area (Å²) in [5.74, 6) is 0. The molecule has 0 aromatic heterocycles. The van der Waals surface area contributed by atoms with Crippen LogP contribution in [0.3, 0.4) is 0 Å². The van der Waals surface area contributed by atoms with Crippen molar-refractivity contribution in [3.63, 3.8) is 0 Å². The molecule has 0 heterocycles. The van der Waals surface area contributed by atoms with Gasteiger partial charge in [0.05, 0.1) is 0 Å². The van der Waals surface area contributed by atoms with Crippen LogP contribution in [0.4, 0.5) is 0 Å². The Morgan fingerprint density at radius 2 is 1.80 bits per heavy atom. The molecule has 0 aromatic rings. The van der Waals surface area contributed by atoms with Crippen molar-refractivity contribution in [1.29, 1.82) is 0 Å². The number of aldehydes is 1. The summed E-state index contributed by atoms with van der Waals surface area (Å²) in [6.07, 6.45) is -7.59. The molecule has 0 aromatic carbocycles. The van der Waals surface area contributed by atoms with Crippen molar-refractivity contribution in [3.05, 3.63) is 10.1 Å². The van der Waals surface area contributed by atoms with Crippen LogP contribution in [0.25, 0.3) is 0 Å². The van der Waals surface area contributed by atoms with E-state index in [1.54, 1.807) is 0 Å². The Kier molecular flexibility index (Phi) is 5.70. The van der Waals surface area contributed by atoms with Gasteiger partial charge in [-0.1, -0.05) is 0 Å². The van der Waals surface area contributed by atoms with Gasteiger partial charge >= 0.3 is 0 Å². The summed E-state index contributed by atoms with van der Waals surface area (Å²) in [7, 11) is 0. The van der Waals surface area contributed by atoms with Crippen LogP contribution in [0, 0.1) is 10.1 Å². The number of hydrogen-bond acceptors (Lipinski definition) is 8. The molecular formula is C6H11NO8. The maximum absolute atomic E-state index is 10.00. The highest BCUT2D eigenvalue weighted by atomic mass is 17.0. The summed E-state index contributed by atoms with van der Waals surface area (Å²) in [6.45, 7) is -0.878. The van der Waals surface area contributed by atoms with Gasteiger partial charge in [0.1, 0.15) is 31.0 Å². The topological polar surface area (TPSA) is 150 Å². The van der Waals surface area contributed by atoms with Crippen LogP contribution < -0.4 is 0 Å². The van der Waals surface area contributed by atoms with Gasteiger partial charge in [0.2, 0.25) is 0 Å². The highest BCUT2D eigenvalue weighted by Crippen LogP contribution is 2.04. The summed E-state index contributed by atoms with van der Waals surface area (Å²) >= 11 is 0. The molecule has 0 aliphatic heterocycles. The van der Waals surface area contributed by atoms with Crippen molar-refractivity contribution < 1.29 is 35.1 Å². The minimum absolute atomic E-state index is 0.0467. The van der Waals surface area contributed by atoms with Gasteiger partial charge in [0.25, 0.3) is 5.09 Å². The van der Waals surface area contributed by atoms with Crippen molar-refractivity contribution in [2.75, 3.05) is 6.61 Å². The second-order valence-corrected chi connectivity index (χ2v) is 2.69. The number of rotatable bonds is 7. The van der Waals surface area contributed by atoms with E-state index in [0.29, 0.717) is 0 Å². The normalized spacial score (nSPS) is 18.7. The third-order valence-electron chi connectivity index (χ3n) is 1.58. The largest absolute Gasteiger partial charge is 0.388 e. The molecule has 15 heavy (non-hydrogen) atoms. The Morgan fingerprint density at radius 3 is 2.20 bits per heavy atom. The second-order valence-electron chi connectivity index (χ2n) is 2.69. The van der Waals surface area contributed by atoms with E-state index in [9.17, 15) is 14.9 Å². The average molecular weight is 225 g/mol. The van der Waals surface area contributed by atoms with Crippen molar-refractivity contribution in [3.8, 4) is 0 Å². The molecule has 0 aliphatic rings. The molecule has 9 nitrogen and oxygen atoms in total. The molecule has 0 bridgehead atoms. The molecule has 0 spiro atoms. The first-order chi connectivity index (χ1) is 6.90. The van der Waals surface area contributed by atoms with Crippen LogP contribution in [0.1, 0.15) is 0 Å². The summed E-state index contributed by atoms with van der Waals surface area (Å²) < 4.78 is 0.